The van der Waals surface area contributed by atoms with Crippen molar-refractivity contribution in [2.24, 2.45) is 0 Å². The molecule has 1 aromatic carbocycles. The molecule has 1 aliphatic rings. The van der Waals surface area contributed by atoms with E-state index >= 15 is 0 Å². The Morgan fingerprint density at radius 2 is 1.74 bits per heavy atom. The van der Waals surface area contributed by atoms with E-state index in [1.807, 2.05) is 59.5 Å². The fourth-order valence-electron chi connectivity index (χ4n) is 4.08. The summed E-state index contributed by atoms with van der Waals surface area (Å²) >= 11 is 0. The number of hydrogen-bond donors (Lipinski definition) is 1. The van der Waals surface area contributed by atoms with E-state index in [9.17, 15) is 0 Å². The van der Waals surface area contributed by atoms with Crippen LogP contribution in [0.25, 0.3) is 16.7 Å². The summed E-state index contributed by atoms with van der Waals surface area (Å²) < 4.78 is 1.85. The number of para-hydroxylation sites is 1. The summed E-state index contributed by atoms with van der Waals surface area (Å²) in [6.07, 6.45) is 5.29. The smallest absolute Gasteiger partial charge is 0.168 e. The summed E-state index contributed by atoms with van der Waals surface area (Å²) in [6.45, 7) is 7.17. The van der Waals surface area contributed by atoms with Crippen LogP contribution >= 0.6 is 0 Å². The third kappa shape index (κ3) is 4.20. The van der Waals surface area contributed by atoms with E-state index < -0.39 is 0 Å². The molecule has 1 aliphatic heterocycles. The van der Waals surface area contributed by atoms with Crippen LogP contribution in [0.5, 0.6) is 0 Å². The minimum absolute atomic E-state index is 0.250. The number of pyridine rings is 1. The Labute approximate surface area is 181 Å². The summed E-state index contributed by atoms with van der Waals surface area (Å²) in [6, 6.07) is 16.4. The predicted octanol–water partition coefficient (Wildman–Crippen LogP) is 2.83. The molecule has 8 nitrogen and oxygen atoms in total. The number of hydrogen-bond acceptors (Lipinski definition) is 7. The van der Waals surface area contributed by atoms with Gasteiger partial charge in [-0.25, -0.2) is 19.6 Å². The second kappa shape index (κ2) is 8.69. The Bertz CT molecular complexity index is 1120. The van der Waals surface area contributed by atoms with E-state index in [2.05, 4.69) is 48.2 Å². The first-order valence-corrected chi connectivity index (χ1v) is 10.7. The molecule has 31 heavy (non-hydrogen) atoms. The molecule has 5 rings (SSSR count). The lowest BCUT2D eigenvalue weighted by Gasteiger charge is -2.36. The van der Waals surface area contributed by atoms with E-state index in [0.717, 1.165) is 61.1 Å². The van der Waals surface area contributed by atoms with Crippen LogP contribution in [-0.4, -0.2) is 68.4 Å². The van der Waals surface area contributed by atoms with Gasteiger partial charge in [0.1, 0.15) is 18.0 Å². The van der Waals surface area contributed by atoms with Crippen molar-refractivity contribution in [3.63, 3.8) is 0 Å². The Morgan fingerprint density at radius 3 is 2.52 bits per heavy atom. The molecule has 1 N–H and O–H groups in total. The number of anilines is 2. The van der Waals surface area contributed by atoms with Crippen LogP contribution in [0.4, 0.5) is 11.6 Å². The summed E-state index contributed by atoms with van der Waals surface area (Å²) in [5.41, 5.74) is 1.79. The van der Waals surface area contributed by atoms with Crippen LogP contribution < -0.4 is 10.2 Å². The first-order chi connectivity index (χ1) is 15.3. The molecular weight excluding hydrogens is 388 g/mol. The zero-order valence-electron chi connectivity index (χ0n) is 17.6. The van der Waals surface area contributed by atoms with E-state index in [4.69, 9.17) is 0 Å². The molecule has 158 valence electrons. The van der Waals surface area contributed by atoms with Gasteiger partial charge < -0.3 is 10.2 Å². The summed E-state index contributed by atoms with van der Waals surface area (Å²) in [7, 11) is 0. The molecule has 4 heterocycles. The Morgan fingerprint density at radius 1 is 0.935 bits per heavy atom. The molecule has 4 aromatic rings. The van der Waals surface area contributed by atoms with E-state index in [-0.39, 0.29) is 6.04 Å². The molecule has 1 unspecified atom stereocenters. The zero-order valence-corrected chi connectivity index (χ0v) is 17.6. The van der Waals surface area contributed by atoms with Gasteiger partial charge in [-0.05, 0) is 31.2 Å². The van der Waals surface area contributed by atoms with Crippen molar-refractivity contribution in [1.29, 1.82) is 0 Å². The van der Waals surface area contributed by atoms with Crippen LogP contribution in [0.2, 0.25) is 0 Å². The first-order valence-electron chi connectivity index (χ1n) is 10.7. The number of nitrogens with zero attached hydrogens (tertiary/aromatic N) is 7. The number of rotatable bonds is 6. The Balaban J connectivity index is 1.23. The van der Waals surface area contributed by atoms with Crippen LogP contribution in [0.3, 0.4) is 0 Å². The molecule has 3 aromatic heterocycles. The highest BCUT2D eigenvalue weighted by Crippen LogP contribution is 2.22. The van der Waals surface area contributed by atoms with Crippen LogP contribution in [0.15, 0.2) is 67.3 Å². The minimum Gasteiger partial charge on any atom is -0.366 e. The van der Waals surface area contributed by atoms with Gasteiger partial charge in [-0.3, -0.25) is 4.90 Å². The van der Waals surface area contributed by atoms with Gasteiger partial charge in [-0.1, -0.05) is 24.3 Å². The van der Waals surface area contributed by atoms with Crippen molar-refractivity contribution in [3.8, 4) is 5.69 Å². The molecule has 0 aliphatic carbocycles. The maximum atomic E-state index is 4.54. The fourth-order valence-corrected chi connectivity index (χ4v) is 4.08. The van der Waals surface area contributed by atoms with Gasteiger partial charge in [0.05, 0.1) is 17.3 Å². The molecule has 1 saturated heterocycles. The number of aromatic nitrogens is 5. The van der Waals surface area contributed by atoms with Gasteiger partial charge in [0.25, 0.3) is 0 Å². The fraction of sp³-hybridized carbons (Fsp3) is 0.304. The molecule has 0 spiro atoms. The van der Waals surface area contributed by atoms with Crippen LogP contribution in [-0.2, 0) is 0 Å². The third-order valence-electron chi connectivity index (χ3n) is 5.63. The lowest BCUT2D eigenvalue weighted by molar-refractivity contribution is 0.250. The third-order valence-corrected chi connectivity index (χ3v) is 5.63. The largest absolute Gasteiger partial charge is 0.366 e. The monoisotopic (exact) mass is 414 g/mol. The van der Waals surface area contributed by atoms with Crippen LogP contribution in [0.1, 0.15) is 6.92 Å². The molecule has 0 amide bonds. The van der Waals surface area contributed by atoms with Crippen molar-refractivity contribution in [2.45, 2.75) is 13.0 Å². The van der Waals surface area contributed by atoms with E-state index in [1.165, 1.54) is 0 Å². The van der Waals surface area contributed by atoms with Gasteiger partial charge >= 0.3 is 0 Å². The lowest BCUT2D eigenvalue weighted by atomic mass is 10.2. The minimum atomic E-state index is 0.250. The predicted molar refractivity (Wildman–Crippen MR) is 123 cm³/mol. The summed E-state index contributed by atoms with van der Waals surface area (Å²) in [5.74, 6) is 1.89. The van der Waals surface area contributed by atoms with Crippen LogP contribution in [0, 0.1) is 0 Å². The standard InChI is InChI=1S/C23H26N8/c1-18(16-29-11-13-30(14-12-29)21-9-5-6-10-24-21)28-22-20-15-27-31(23(20)26-17-25-22)19-7-3-2-4-8-19/h2-10,15,17-18H,11-14,16H2,1H3,(H,25,26,28). The average molecular weight is 415 g/mol. The zero-order chi connectivity index (χ0) is 21.0. The number of piperazine rings is 1. The normalized spacial score (nSPS) is 15.8. The molecule has 0 saturated carbocycles. The maximum absolute atomic E-state index is 4.54. The summed E-state index contributed by atoms with van der Waals surface area (Å²) in [4.78, 5) is 18.3. The van der Waals surface area contributed by atoms with Gasteiger partial charge in [-0.15, -0.1) is 0 Å². The molecule has 0 radical (unpaired) electrons. The van der Waals surface area contributed by atoms with Crippen molar-refractivity contribution < 1.29 is 0 Å². The van der Waals surface area contributed by atoms with Gasteiger partial charge in [0.2, 0.25) is 0 Å². The number of nitrogens with one attached hydrogen (secondary N) is 1. The maximum Gasteiger partial charge on any atom is 0.168 e. The average Bonchev–Trinajstić information content (AvgIpc) is 3.26. The van der Waals surface area contributed by atoms with Gasteiger partial charge in [-0.2, -0.15) is 5.10 Å². The highest BCUT2D eigenvalue weighted by molar-refractivity contribution is 5.87. The SMILES string of the molecule is CC(CN1CCN(c2ccccn2)CC1)Nc1ncnc2c1cnn2-c1ccccc1. The topological polar surface area (TPSA) is 75.0 Å². The molecule has 1 fully saturated rings. The Kier molecular flexibility index (Phi) is 5.45. The number of benzene rings is 1. The first kappa shape index (κ1) is 19.4. The lowest BCUT2D eigenvalue weighted by Crippen LogP contribution is -2.49. The van der Waals surface area contributed by atoms with Crippen molar-refractivity contribution >= 4 is 22.7 Å². The molecule has 0 bridgehead atoms. The number of fused-ring (bicyclic) bond motifs is 1. The quantitative estimate of drug-likeness (QED) is 0.520. The highest BCUT2D eigenvalue weighted by Gasteiger charge is 2.20. The molecule has 1 atom stereocenters. The van der Waals surface area contributed by atoms with Crippen molar-refractivity contribution in [2.75, 3.05) is 42.9 Å². The van der Waals surface area contributed by atoms with E-state index in [1.54, 1.807) is 6.33 Å². The van der Waals surface area contributed by atoms with Gasteiger partial charge in [0.15, 0.2) is 5.65 Å². The second-order valence-corrected chi connectivity index (χ2v) is 7.87. The molecule has 8 heteroatoms. The molecular formula is C23H26N8. The highest BCUT2D eigenvalue weighted by atomic mass is 15.3. The van der Waals surface area contributed by atoms with E-state index in [0.29, 0.717) is 0 Å². The van der Waals surface area contributed by atoms with Crippen molar-refractivity contribution in [3.05, 3.63) is 67.3 Å². The Hall–Kier alpha value is -3.52. The van der Waals surface area contributed by atoms with Gasteiger partial charge in [0, 0.05) is 45.0 Å². The second-order valence-electron chi connectivity index (χ2n) is 7.87. The summed E-state index contributed by atoms with van der Waals surface area (Å²) in [5, 5.41) is 9.04. The van der Waals surface area contributed by atoms with Crippen molar-refractivity contribution in [1.82, 2.24) is 29.6 Å².